The van der Waals surface area contributed by atoms with Gasteiger partial charge in [0.2, 0.25) is 0 Å². The van der Waals surface area contributed by atoms with Gasteiger partial charge in [0.25, 0.3) is 5.91 Å². The monoisotopic (exact) mass is 358 g/mol. The largest absolute Gasteiger partial charge is 0.508 e. The van der Waals surface area contributed by atoms with Crippen molar-refractivity contribution in [3.63, 3.8) is 0 Å². The Morgan fingerprint density at radius 3 is 2.48 bits per heavy atom. The van der Waals surface area contributed by atoms with Crippen LogP contribution in [0.5, 0.6) is 5.75 Å². The summed E-state index contributed by atoms with van der Waals surface area (Å²) in [5.74, 6) is -0.131. The molecule has 0 bridgehead atoms. The molecule has 1 unspecified atom stereocenters. The number of thioether (sulfide) groups is 1. The van der Waals surface area contributed by atoms with Gasteiger partial charge in [-0.05, 0) is 43.9 Å². The Morgan fingerprint density at radius 2 is 1.80 bits per heavy atom. The quantitative estimate of drug-likeness (QED) is 0.879. The number of aromatic hydroxyl groups is 1. The van der Waals surface area contributed by atoms with E-state index in [4.69, 9.17) is 0 Å². The molecule has 0 fully saturated rings. The van der Waals surface area contributed by atoms with Crippen LogP contribution in [-0.4, -0.2) is 54.3 Å². The summed E-state index contributed by atoms with van der Waals surface area (Å²) in [4.78, 5) is 17.6. The Balaban J connectivity index is 1.99. The fourth-order valence-electron chi connectivity index (χ4n) is 2.83. The zero-order chi connectivity index (χ0) is 18.0. The second-order valence-electron chi connectivity index (χ2n) is 6.34. The van der Waals surface area contributed by atoms with Gasteiger partial charge in [-0.25, -0.2) is 0 Å². The highest BCUT2D eigenvalue weighted by Crippen LogP contribution is 2.45. The molecule has 5 nitrogen and oxygen atoms in total. The average Bonchev–Trinajstić information content (AvgIpc) is 2.70. The van der Waals surface area contributed by atoms with Gasteiger partial charge in [-0.3, -0.25) is 4.79 Å². The van der Waals surface area contributed by atoms with Crippen molar-refractivity contribution in [1.82, 2.24) is 4.90 Å². The first-order valence-corrected chi connectivity index (χ1v) is 9.04. The normalized spacial score (nSPS) is 20.5. The van der Waals surface area contributed by atoms with Crippen LogP contribution in [0.2, 0.25) is 0 Å². The minimum Gasteiger partial charge on any atom is -0.508 e. The van der Waals surface area contributed by atoms with Crippen LogP contribution in [0.1, 0.15) is 10.8 Å². The van der Waals surface area contributed by atoms with Crippen molar-refractivity contribution in [1.29, 1.82) is 0 Å². The van der Waals surface area contributed by atoms with Crippen LogP contribution in [0.15, 0.2) is 53.4 Å². The number of fused-ring (bicyclic) bond motifs is 1. The van der Waals surface area contributed by atoms with Gasteiger partial charge in [-0.15, -0.1) is 11.8 Å². The summed E-state index contributed by atoms with van der Waals surface area (Å²) in [6.07, 6.45) is -1.15. The van der Waals surface area contributed by atoms with E-state index >= 15 is 0 Å². The first-order chi connectivity index (χ1) is 12.0. The highest BCUT2D eigenvalue weighted by atomic mass is 32.2. The maximum atomic E-state index is 13.0. The van der Waals surface area contributed by atoms with Gasteiger partial charge in [0.1, 0.15) is 11.9 Å². The maximum absolute atomic E-state index is 13.0. The Bertz CT molecular complexity index is 749. The lowest BCUT2D eigenvalue weighted by Crippen LogP contribution is -2.43. The summed E-state index contributed by atoms with van der Waals surface area (Å²) in [6.45, 7) is 1.23. The number of nitrogens with zero attached hydrogens (tertiary/aromatic N) is 2. The molecule has 6 heteroatoms. The molecule has 2 N–H and O–H groups in total. The minimum atomic E-state index is -1.15. The second-order valence-corrected chi connectivity index (χ2v) is 7.52. The van der Waals surface area contributed by atoms with Gasteiger partial charge in [0.05, 0.1) is 10.9 Å². The van der Waals surface area contributed by atoms with Crippen molar-refractivity contribution in [2.24, 2.45) is 0 Å². The number of hydrogen-bond acceptors (Lipinski definition) is 5. The van der Waals surface area contributed by atoms with Crippen molar-refractivity contribution in [3.8, 4) is 5.75 Å². The van der Waals surface area contributed by atoms with Crippen LogP contribution in [0, 0.1) is 0 Å². The second kappa shape index (κ2) is 7.47. The van der Waals surface area contributed by atoms with Crippen LogP contribution < -0.4 is 4.90 Å². The molecule has 0 saturated carbocycles. The fourth-order valence-corrected chi connectivity index (χ4v) is 4.10. The molecule has 0 aromatic heterocycles. The SMILES string of the molecule is CN(C)CCN1C(=O)[C@H](O)C(c2ccc(O)cc2)Sc2ccccc21. The Hall–Kier alpha value is -2.02. The van der Waals surface area contributed by atoms with Gasteiger partial charge in [-0.2, -0.15) is 0 Å². The maximum Gasteiger partial charge on any atom is 0.257 e. The van der Waals surface area contributed by atoms with Crippen LogP contribution in [0.4, 0.5) is 5.69 Å². The van der Waals surface area contributed by atoms with Crippen molar-refractivity contribution >= 4 is 23.4 Å². The third kappa shape index (κ3) is 3.81. The molecule has 2 aromatic rings. The molecule has 1 aliphatic rings. The molecule has 0 aliphatic carbocycles. The zero-order valence-electron chi connectivity index (χ0n) is 14.3. The number of anilines is 1. The lowest BCUT2D eigenvalue weighted by molar-refractivity contribution is -0.126. The number of para-hydroxylation sites is 1. The summed E-state index contributed by atoms with van der Waals surface area (Å²) in [5.41, 5.74) is 1.65. The number of rotatable bonds is 4. The minimum absolute atomic E-state index is 0.163. The molecule has 25 heavy (non-hydrogen) atoms. The van der Waals surface area contributed by atoms with Crippen LogP contribution in [-0.2, 0) is 4.79 Å². The number of aliphatic hydroxyl groups excluding tert-OH is 1. The number of carbonyl (C=O) groups is 1. The first kappa shape index (κ1) is 17.8. The van der Waals surface area contributed by atoms with E-state index in [0.29, 0.717) is 13.1 Å². The number of phenols is 1. The van der Waals surface area contributed by atoms with Crippen molar-refractivity contribution in [2.45, 2.75) is 16.2 Å². The van der Waals surface area contributed by atoms with E-state index in [-0.39, 0.29) is 11.7 Å². The zero-order valence-corrected chi connectivity index (χ0v) is 15.1. The van der Waals surface area contributed by atoms with E-state index in [1.165, 1.54) is 11.8 Å². The van der Waals surface area contributed by atoms with Gasteiger partial charge < -0.3 is 20.0 Å². The van der Waals surface area contributed by atoms with Crippen molar-refractivity contribution in [3.05, 3.63) is 54.1 Å². The van der Waals surface area contributed by atoms with E-state index in [1.807, 2.05) is 43.3 Å². The summed E-state index contributed by atoms with van der Waals surface area (Å²) in [5, 5.41) is 19.8. The molecule has 0 saturated heterocycles. The molecule has 1 heterocycles. The number of benzene rings is 2. The highest BCUT2D eigenvalue weighted by molar-refractivity contribution is 7.99. The molecular formula is C19H22N2O3S. The Kier molecular flexibility index (Phi) is 5.32. The van der Waals surface area contributed by atoms with E-state index < -0.39 is 11.4 Å². The average molecular weight is 358 g/mol. The summed E-state index contributed by atoms with van der Waals surface area (Å²) in [6, 6.07) is 14.4. The van der Waals surface area contributed by atoms with Crippen molar-refractivity contribution in [2.75, 3.05) is 32.1 Å². The van der Waals surface area contributed by atoms with E-state index in [0.717, 1.165) is 16.1 Å². The summed E-state index contributed by atoms with van der Waals surface area (Å²) >= 11 is 1.48. The Labute approximate surface area is 151 Å². The molecule has 2 aromatic carbocycles. The van der Waals surface area contributed by atoms with Gasteiger partial charge in [0, 0.05) is 18.0 Å². The number of amides is 1. The molecule has 132 valence electrons. The molecule has 0 radical (unpaired) electrons. The lowest BCUT2D eigenvalue weighted by atomic mass is 10.1. The smallest absolute Gasteiger partial charge is 0.257 e. The number of phenolic OH excluding ortho intramolecular Hbond substituents is 1. The number of aliphatic hydroxyl groups is 1. The Morgan fingerprint density at radius 1 is 1.12 bits per heavy atom. The van der Waals surface area contributed by atoms with Gasteiger partial charge in [-0.1, -0.05) is 24.3 Å². The predicted octanol–water partition coefficient (Wildman–Crippen LogP) is 2.49. The molecule has 0 spiro atoms. The van der Waals surface area contributed by atoms with Crippen LogP contribution in [0.3, 0.4) is 0 Å². The molecule has 3 rings (SSSR count). The lowest BCUT2D eigenvalue weighted by Gasteiger charge is -2.26. The predicted molar refractivity (Wildman–Crippen MR) is 100 cm³/mol. The standard InChI is InChI=1S/C19H22N2O3S/c1-20(2)11-12-21-15-5-3-4-6-16(15)25-18(17(23)19(21)24)13-7-9-14(22)10-8-13/h3-10,17-18,22-23H,11-12H2,1-2H3/t17-,18?/m1/s1. The van der Waals surface area contributed by atoms with E-state index in [2.05, 4.69) is 0 Å². The number of hydrogen-bond donors (Lipinski definition) is 2. The van der Waals surface area contributed by atoms with Crippen LogP contribution in [0.25, 0.3) is 0 Å². The first-order valence-electron chi connectivity index (χ1n) is 8.16. The fraction of sp³-hybridized carbons (Fsp3) is 0.316. The topological polar surface area (TPSA) is 64.0 Å². The molecule has 1 amide bonds. The third-order valence-corrected chi connectivity index (χ3v) is 5.59. The molecule has 1 aliphatic heterocycles. The van der Waals surface area contributed by atoms with Crippen LogP contribution >= 0.6 is 11.8 Å². The highest BCUT2D eigenvalue weighted by Gasteiger charge is 2.37. The van der Waals surface area contributed by atoms with E-state index in [1.54, 1.807) is 29.2 Å². The molecule has 2 atom stereocenters. The third-order valence-electron chi connectivity index (χ3n) is 4.21. The van der Waals surface area contributed by atoms with E-state index in [9.17, 15) is 15.0 Å². The number of carbonyl (C=O) groups excluding carboxylic acids is 1. The summed E-state index contributed by atoms with van der Waals surface area (Å²) in [7, 11) is 3.91. The molecular weight excluding hydrogens is 336 g/mol. The number of likely N-dealkylation sites (N-methyl/N-ethyl adjacent to an activating group) is 1. The van der Waals surface area contributed by atoms with Gasteiger partial charge >= 0.3 is 0 Å². The van der Waals surface area contributed by atoms with Gasteiger partial charge in [0.15, 0.2) is 0 Å². The summed E-state index contributed by atoms with van der Waals surface area (Å²) < 4.78 is 0. The van der Waals surface area contributed by atoms with Crippen molar-refractivity contribution < 1.29 is 15.0 Å².